The second-order valence-electron chi connectivity index (χ2n) is 9.35. The van der Waals surface area contributed by atoms with E-state index in [1.165, 1.54) is 12.1 Å². The third-order valence-corrected chi connectivity index (χ3v) is 6.52. The molecule has 3 aromatic rings. The molecule has 202 valence electrons. The number of hydrogen-bond acceptors (Lipinski definition) is 8. The van der Waals surface area contributed by atoms with E-state index in [-0.39, 0.29) is 30.7 Å². The first-order chi connectivity index (χ1) is 18.2. The molecule has 11 heteroatoms. The van der Waals surface area contributed by atoms with E-state index in [1.807, 2.05) is 37.1 Å². The highest BCUT2D eigenvalue weighted by atomic mass is 19.1. The topological polar surface area (TPSA) is 107 Å². The number of fused-ring (bicyclic) bond motifs is 1. The predicted molar refractivity (Wildman–Crippen MR) is 141 cm³/mol. The molecule has 2 amide bonds. The number of nitrogens with zero attached hydrogens (tertiary/aromatic N) is 5. The van der Waals surface area contributed by atoms with E-state index in [4.69, 9.17) is 4.52 Å². The van der Waals surface area contributed by atoms with Gasteiger partial charge in [-0.2, -0.15) is 4.98 Å². The van der Waals surface area contributed by atoms with Crippen molar-refractivity contribution >= 4 is 17.5 Å². The first kappa shape index (κ1) is 27.2. The molecular formula is C27H34FN7O3. The number of aryl methyl sites for hydroxylation is 2. The Morgan fingerprint density at radius 3 is 2.58 bits per heavy atom. The molecule has 0 spiro atoms. The van der Waals surface area contributed by atoms with Gasteiger partial charge in [-0.05, 0) is 60.5 Å². The van der Waals surface area contributed by atoms with Gasteiger partial charge in [0.1, 0.15) is 5.82 Å². The molecule has 0 aliphatic carbocycles. The summed E-state index contributed by atoms with van der Waals surface area (Å²) in [6.07, 6.45) is 0. The van der Waals surface area contributed by atoms with Gasteiger partial charge in [0, 0.05) is 51.4 Å². The first-order valence-corrected chi connectivity index (χ1v) is 12.7. The summed E-state index contributed by atoms with van der Waals surface area (Å²) < 4.78 is 18.8. The lowest BCUT2D eigenvalue weighted by Gasteiger charge is -2.32. The molecule has 2 aromatic carbocycles. The summed E-state index contributed by atoms with van der Waals surface area (Å²) in [4.78, 5) is 32.3. The van der Waals surface area contributed by atoms with E-state index in [9.17, 15) is 14.0 Å². The summed E-state index contributed by atoms with van der Waals surface area (Å²) in [7, 11) is 1.70. The van der Waals surface area contributed by atoms with Gasteiger partial charge in [0.15, 0.2) is 0 Å². The smallest absolute Gasteiger partial charge is 0.256 e. The van der Waals surface area contributed by atoms with Gasteiger partial charge in [0.2, 0.25) is 17.6 Å². The monoisotopic (exact) mass is 523 g/mol. The van der Waals surface area contributed by atoms with Gasteiger partial charge < -0.3 is 20.1 Å². The van der Waals surface area contributed by atoms with Crippen molar-refractivity contribution in [3.8, 4) is 11.4 Å². The van der Waals surface area contributed by atoms with Crippen LogP contribution in [0.25, 0.3) is 11.4 Å². The predicted octanol–water partition coefficient (Wildman–Crippen LogP) is 2.41. The van der Waals surface area contributed by atoms with Crippen molar-refractivity contribution in [2.75, 3.05) is 44.7 Å². The van der Waals surface area contributed by atoms with Crippen LogP contribution >= 0.6 is 0 Å². The first-order valence-electron chi connectivity index (χ1n) is 12.7. The fourth-order valence-electron chi connectivity index (χ4n) is 4.47. The highest BCUT2D eigenvalue weighted by molar-refractivity contribution is 5.87. The number of benzene rings is 2. The van der Waals surface area contributed by atoms with Crippen LogP contribution in [0, 0.1) is 19.7 Å². The molecule has 1 aliphatic heterocycles. The fourth-order valence-corrected chi connectivity index (χ4v) is 4.47. The summed E-state index contributed by atoms with van der Waals surface area (Å²) in [5.74, 6) is 0.292. The third-order valence-electron chi connectivity index (χ3n) is 6.52. The highest BCUT2D eigenvalue weighted by Crippen LogP contribution is 2.27. The van der Waals surface area contributed by atoms with Crippen LogP contribution in [-0.2, 0) is 22.7 Å². The van der Waals surface area contributed by atoms with E-state index in [0.717, 1.165) is 34.5 Å². The molecule has 0 bridgehead atoms. The average Bonchev–Trinajstić information content (AvgIpc) is 3.51. The lowest BCUT2D eigenvalue weighted by molar-refractivity contribution is -0.145. The van der Waals surface area contributed by atoms with Crippen molar-refractivity contribution in [1.29, 1.82) is 0 Å². The van der Waals surface area contributed by atoms with E-state index < -0.39 is 0 Å². The Labute approximate surface area is 221 Å². The van der Waals surface area contributed by atoms with Crippen LogP contribution in [0.15, 0.2) is 40.9 Å². The number of aromatic nitrogens is 2. The summed E-state index contributed by atoms with van der Waals surface area (Å²) in [5, 5.41) is 13.5. The maximum atomic E-state index is 13.7. The molecule has 38 heavy (non-hydrogen) atoms. The van der Waals surface area contributed by atoms with Gasteiger partial charge in [-0.3, -0.25) is 14.6 Å². The quantitative estimate of drug-likeness (QED) is 0.369. The third kappa shape index (κ3) is 6.53. The van der Waals surface area contributed by atoms with Crippen LogP contribution in [0.4, 0.5) is 10.1 Å². The Bertz CT molecular complexity index is 1300. The summed E-state index contributed by atoms with van der Waals surface area (Å²) in [5.41, 5.74) is 4.26. The molecule has 1 aliphatic rings. The van der Waals surface area contributed by atoms with Gasteiger partial charge in [-0.25, -0.2) is 9.40 Å². The number of nitrogens with one attached hydrogen (secondary N) is 2. The van der Waals surface area contributed by atoms with Crippen LogP contribution in [0.1, 0.15) is 29.5 Å². The molecule has 2 heterocycles. The highest BCUT2D eigenvalue weighted by Gasteiger charge is 2.27. The molecular weight excluding hydrogens is 489 g/mol. The van der Waals surface area contributed by atoms with Gasteiger partial charge in [0.05, 0.1) is 13.1 Å². The lowest BCUT2D eigenvalue weighted by atomic mass is 10.1. The Balaban J connectivity index is 1.50. The molecule has 4 rings (SSSR count). The maximum absolute atomic E-state index is 13.7. The number of amides is 2. The number of carbonyl (C=O) groups excluding carboxylic acids is 2. The van der Waals surface area contributed by atoms with E-state index in [2.05, 4.69) is 20.8 Å². The zero-order valence-electron chi connectivity index (χ0n) is 22.3. The van der Waals surface area contributed by atoms with E-state index >= 15 is 0 Å². The molecule has 0 fully saturated rings. The Morgan fingerprint density at radius 1 is 1.08 bits per heavy atom. The average molecular weight is 524 g/mol. The summed E-state index contributed by atoms with van der Waals surface area (Å²) in [6, 6.07) is 10.3. The molecule has 0 radical (unpaired) electrons. The van der Waals surface area contributed by atoms with E-state index in [0.29, 0.717) is 37.9 Å². The van der Waals surface area contributed by atoms with Crippen molar-refractivity contribution in [3.63, 3.8) is 0 Å². The van der Waals surface area contributed by atoms with Crippen LogP contribution in [-0.4, -0.2) is 71.7 Å². The second-order valence-corrected chi connectivity index (χ2v) is 9.35. The van der Waals surface area contributed by atoms with Crippen molar-refractivity contribution in [1.82, 2.24) is 30.8 Å². The van der Waals surface area contributed by atoms with Gasteiger partial charge in [-0.1, -0.05) is 18.1 Å². The standard InChI is InChI=1S/C27H34FN7O3/c1-5-29-10-11-30-25(36)16-34(24-9-7-20(12-18(24)2)27-31-19(3)38-32-27)17-26(37)33(4)35-14-21-6-8-23(28)13-22(21)15-35/h6-9,12-13,29H,5,10-11,14-17H2,1-4H3,(H,30,36). The van der Waals surface area contributed by atoms with Gasteiger partial charge in [-0.15, -0.1) is 0 Å². The van der Waals surface area contributed by atoms with Crippen LogP contribution in [0.3, 0.4) is 0 Å². The largest absolute Gasteiger partial charge is 0.353 e. The van der Waals surface area contributed by atoms with Crippen molar-refractivity contribution in [2.24, 2.45) is 0 Å². The minimum Gasteiger partial charge on any atom is -0.353 e. The minimum atomic E-state index is -0.291. The van der Waals surface area contributed by atoms with Crippen molar-refractivity contribution in [3.05, 3.63) is 64.8 Å². The molecule has 2 N–H and O–H groups in total. The van der Waals surface area contributed by atoms with Gasteiger partial charge >= 0.3 is 0 Å². The minimum absolute atomic E-state index is 0.0125. The normalized spacial score (nSPS) is 12.9. The number of rotatable bonds is 11. The van der Waals surface area contributed by atoms with Crippen molar-refractivity contribution < 1.29 is 18.5 Å². The number of anilines is 1. The van der Waals surface area contributed by atoms with Crippen LogP contribution < -0.4 is 15.5 Å². The zero-order chi connectivity index (χ0) is 27.2. The molecule has 1 aromatic heterocycles. The van der Waals surface area contributed by atoms with Crippen LogP contribution in [0.5, 0.6) is 0 Å². The Morgan fingerprint density at radius 2 is 1.87 bits per heavy atom. The van der Waals surface area contributed by atoms with E-state index in [1.54, 1.807) is 29.9 Å². The maximum Gasteiger partial charge on any atom is 0.256 e. The molecule has 0 saturated heterocycles. The second kappa shape index (κ2) is 12.1. The Hall–Kier alpha value is -3.83. The van der Waals surface area contributed by atoms with Gasteiger partial charge in [0.25, 0.3) is 5.91 Å². The summed E-state index contributed by atoms with van der Waals surface area (Å²) >= 11 is 0. The fraction of sp³-hybridized carbons (Fsp3) is 0.407. The number of halogens is 1. The molecule has 10 nitrogen and oxygen atoms in total. The summed E-state index contributed by atoms with van der Waals surface area (Å²) in [6.45, 7) is 8.58. The molecule has 0 unspecified atom stereocenters. The number of likely N-dealkylation sites (N-methyl/N-ethyl adjacent to an activating group) is 2. The SMILES string of the molecule is CCNCCNC(=O)CN(CC(=O)N(C)N1Cc2ccc(F)cc2C1)c1ccc(-c2noc(C)n2)cc1C. The number of hydrazine groups is 1. The zero-order valence-corrected chi connectivity index (χ0v) is 22.3. The molecule has 0 saturated carbocycles. The number of hydrogen-bond donors (Lipinski definition) is 2. The molecule has 0 atom stereocenters. The number of carbonyl (C=O) groups is 2. The lowest BCUT2D eigenvalue weighted by Crippen LogP contribution is -2.48. The van der Waals surface area contributed by atoms with Crippen molar-refractivity contribution in [2.45, 2.75) is 33.9 Å². The van der Waals surface area contributed by atoms with Crippen LogP contribution in [0.2, 0.25) is 0 Å². The Kier molecular flexibility index (Phi) is 8.70.